The Morgan fingerprint density at radius 3 is 2.56 bits per heavy atom. The first-order valence-corrected chi connectivity index (χ1v) is 8.77. The topological polar surface area (TPSA) is 58.2 Å². The standard InChI is InChI=1S/C20H23ClN2O2/c1-3-16-8-4-6-14(2)20(16)23-19(25)13-18(24)22-11-10-15-7-5-9-17(21)12-15/h4-9,12H,3,10-11,13H2,1-2H3,(H,22,24)(H,23,25). The second-order valence-corrected chi connectivity index (χ2v) is 6.35. The quantitative estimate of drug-likeness (QED) is 0.737. The van der Waals surface area contributed by atoms with Crippen LogP contribution < -0.4 is 10.6 Å². The van der Waals surface area contributed by atoms with Gasteiger partial charge >= 0.3 is 0 Å². The lowest BCUT2D eigenvalue weighted by atomic mass is 10.1. The normalized spacial score (nSPS) is 10.4. The molecule has 0 radical (unpaired) electrons. The summed E-state index contributed by atoms with van der Waals surface area (Å²) in [5, 5.41) is 6.30. The third kappa shape index (κ3) is 5.91. The highest BCUT2D eigenvalue weighted by Gasteiger charge is 2.12. The number of anilines is 1. The van der Waals surface area contributed by atoms with Crippen LogP contribution in [0, 0.1) is 6.92 Å². The van der Waals surface area contributed by atoms with Gasteiger partial charge in [-0.2, -0.15) is 0 Å². The molecule has 25 heavy (non-hydrogen) atoms. The van der Waals surface area contributed by atoms with Crippen molar-refractivity contribution in [1.82, 2.24) is 5.32 Å². The second-order valence-electron chi connectivity index (χ2n) is 5.92. The van der Waals surface area contributed by atoms with Crippen LogP contribution in [0.25, 0.3) is 0 Å². The van der Waals surface area contributed by atoms with Gasteiger partial charge in [0.25, 0.3) is 0 Å². The van der Waals surface area contributed by atoms with Crippen molar-refractivity contribution in [2.45, 2.75) is 33.1 Å². The number of amides is 2. The van der Waals surface area contributed by atoms with Crippen molar-refractivity contribution < 1.29 is 9.59 Å². The first-order valence-electron chi connectivity index (χ1n) is 8.39. The number of carbonyl (C=O) groups excluding carboxylic acids is 2. The van der Waals surface area contributed by atoms with Crippen LogP contribution in [0.15, 0.2) is 42.5 Å². The smallest absolute Gasteiger partial charge is 0.233 e. The van der Waals surface area contributed by atoms with Gasteiger partial charge in [0.15, 0.2) is 0 Å². The highest BCUT2D eigenvalue weighted by atomic mass is 35.5. The van der Waals surface area contributed by atoms with Crippen LogP contribution in [-0.4, -0.2) is 18.4 Å². The van der Waals surface area contributed by atoms with Gasteiger partial charge in [0, 0.05) is 17.3 Å². The summed E-state index contributed by atoms with van der Waals surface area (Å²) >= 11 is 5.93. The first kappa shape index (κ1) is 19.0. The van der Waals surface area contributed by atoms with E-state index in [-0.39, 0.29) is 18.2 Å². The Bertz CT molecular complexity index is 759. The minimum atomic E-state index is -0.302. The predicted molar refractivity (Wildman–Crippen MR) is 102 cm³/mol. The van der Waals surface area contributed by atoms with Crippen molar-refractivity contribution in [2.24, 2.45) is 0 Å². The minimum Gasteiger partial charge on any atom is -0.355 e. The van der Waals surface area contributed by atoms with Crippen molar-refractivity contribution in [3.05, 3.63) is 64.2 Å². The third-order valence-electron chi connectivity index (χ3n) is 3.95. The summed E-state index contributed by atoms with van der Waals surface area (Å²) in [7, 11) is 0. The molecule has 4 nitrogen and oxygen atoms in total. The molecule has 5 heteroatoms. The minimum absolute atomic E-state index is 0.187. The maximum atomic E-state index is 12.1. The largest absolute Gasteiger partial charge is 0.355 e. The highest BCUT2D eigenvalue weighted by Crippen LogP contribution is 2.21. The van der Waals surface area contributed by atoms with E-state index in [9.17, 15) is 9.59 Å². The molecule has 0 spiro atoms. The monoisotopic (exact) mass is 358 g/mol. The molecule has 0 saturated carbocycles. The SMILES string of the molecule is CCc1cccc(C)c1NC(=O)CC(=O)NCCc1cccc(Cl)c1. The Kier molecular flexibility index (Phi) is 7.02. The molecule has 132 valence electrons. The molecule has 0 fully saturated rings. The molecule has 0 atom stereocenters. The van der Waals surface area contributed by atoms with E-state index in [1.54, 1.807) is 0 Å². The fourth-order valence-electron chi connectivity index (χ4n) is 2.63. The number of rotatable bonds is 7. The average molecular weight is 359 g/mol. The number of hydrogen-bond acceptors (Lipinski definition) is 2. The highest BCUT2D eigenvalue weighted by molar-refractivity contribution is 6.30. The van der Waals surface area contributed by atoms with Crippen molar-refractivity contribution >= 4 is 29.1 Å². The number of hydrogen-bond donors (Lipinski definition) is 2. The third-order valence-corrected chi connectivity index (χ3v) is 4.19. The zero-order valence-corrected chi connectivity index (χ0v) is 15.3. The molecule has 0 aliphatic rings. The molecule has 0 bridgehead atoms. The molecule has 0 unspecified atom stereocenters. The van der Waals surface area contributed by atoms with Crippen LogP contribution in [0.1, 0.15) is 30.0 Å². The van der Waals surface area contributed by atoms with E-state index in [4.69, 9.17) is 11.6 Å². The maximum absolute atomic E-state index is 12.1. The van der Waals surface area contributed by atoms with Gasteiger partial charge in [0.1, 0.15) is 6.42 Å². The number of benzene rings is 2. The Hall–Kier alpha value is -2.33. The van der Waals surface area contributed by atoms with Gasteiger partial charge in [-0.25, -0.2) is 0 Å². The maximum Gasteiger partial charge on any atom is 0.233 e. The van der Waals surface area contributed by atoms with Gasteiger partial charge in [0.05, 0.1) is 0 Å². The lowest BCUT2D eigenvalue weighted by molar-refractivity contribution is -0.126. The van der Waals surface area contributed by atoms with E-state index >= 15 is 0 Å². The molecular formula is C20H23ClN2O2. The predicted octanol–water partition coefficient (Wildman–Crippen LogP) is 3.90. The van der Waals surface area contributed by atoms with Crippen LogP contribution in [0.4, 0.5) is 5.69 Å². The molecule has 2 aromatic rings. The Balaban J connectivity index is 1.81. The molecule has 2 rings (SSSR count). The second kappa shape index (κ2) is 9.23. The molecule has 0 heterocycles. The van der Waals surface area contributed by atoms with Crippen LogP contribution in [0.3, 0.4) is 0 Å². The summed E-state index contributed by atoms with van der Waals surface area (Å²) in [4.78, 5) is 24.1. The molecule has 2 amide bonds. The van der Waals surface area contributed by atoms with Gasteiger partial charge in [-0.05, 0) is 48.6 Å². The van der Waals surface area contributed by atoms with Gasteiger partial charge in [-0.1, -0.05) is 48.9 Å². The average Bonchev–Trinajstić information content (AvgIpc) is 2.56. The Labute approximate surface area is 153 Å². The summed E-state index contributed by atoms with van der Waals surface area (Å²) < 4.78 is 0. The summed E-state index contributed by atoms with van der Waals surface area (Å²) in [6, 6.07) is 13.4. The number of halogens is 1. The molecule has 2 aromatic carbocycles. The molecule has 0 saturated heterocycles. The summed E-state index contributed by atoms with van der Waals surface area (Å²) in [5.41, 5.74) is 3.91. The zero-order chi connectivity index (χ0) is 18.2. The first-order chi connectivity index (χ1) is 12.0. The summed E-state index contributed by atoms with van der Waals surface area (Å²) in [5.74, 6) is -0.588. The van der Waals surface area contributed by atoms with E-state index in [2.05, 4.69) is 10.6 Å². The summed E-state index contributed by atoms with van der Waals surface area (Å²) in [6.45, 7) is 4.45. The van der Waals surface area contributed by atoms with Crippen molar-refractivity contribution in [1.29, 1.82) is 0 Å². The van der Waals surface area contributed by atoms with Crippen LogP contribution >= 0.6 is 11.6 Å². The van der Waals surface area contributed by atoms with E-state index in [1.807, 2.05) is 56.3 Å². The van der Waals surface area contributed by atoms with Gasteiger partial charge in [-0.3, -0.25) is 9.59 Å². The Morgan fingerprint density at radius 1 is 1.08 bits per heavy atom. The number of aryl methyl sites for hydroxylation is 2. The lowest BCUT2D eigenvalue weighted by Crippen LogP contribution is -2.30. The molecular weight excluding hydrogens is 336 g/mol. The molecule has 0 aliphatic heterocycles. The van der Waals surface area contributed by atoms with Crippen LogP contribution in [0.5, 0.6) is 0 Å². The van der Waals surface area contributed by atoms with Gasteiger partial charge in [0.2, 0.25) is 11.8 Å². The molecule has 2 N–H and O–H groups in total. The molecule has 0 aromatic heterocycles. The fourth-order valence-corrected chi connectivity index (χ4v) is 2.85. The van der Waals surface area contributed by atoms with E-state index in [1.165, 1.54) is 0 Å². The Morgan fingerprint density at radius 2 is 1.84 bits per heavy atom. The van der Waals surface area contributed by atoms with Crippen LogP contribution in [0.2, 0.25) is 5.02 Å². The summed E-state index contributed by atoms with van der Waals surface area (Å²) in [6.07, 6.45) is 1.31. The number of carbonyl (C=O) groups is 2. The van der Waals surface area contributed by atoms with E-state index in [0.717, 1.165) is 28.8 Å². The van der Waals surface area contributed by atoms with Crippen molar-refractivity contribution in [3.63, 3.8) is 0 Å². The zero-order valence-electron chi connectivity index (χ0n) is 14.6. The molecule has 0 aliphatic carbocycles. The number of nitrogens with one attached hydrogen (secondary N) is 2. The van der Waals surface area contributed by atoms with Crippen molar-refractivity contribution in [3.8, 4) is 0 Å². The lowest BCUT2D eigenvalue weighted by Gasteiger charge is -2.13. The van der Waals surface area contributed by atoms with E-state index < -0.39 is 0 Å². The fraction of sp³-hybridized carbons (Fsp3) is 0.300. The number of para-hydroxylation sites is 1. The van der Waals surface area contributed by atoms with Gasteiger partial charge in [-0.15, -0.1) is 0 Å². The van der Waals surface area contributed by atoms with Crippen molar-refractivity contribution in [2.75, 3.05) is 11.9 Å². The van der Waals surface area contributed by atoms with Crippen LogP contribution in [-0.2, 0) is 22.4 Å². The van der Waals surface area contributed by atoms with Gasteiger partial charge < -0.3 is 10.6 Å². The van der Waals surface area contributed by atoms with E-state index in [0.29, 0.717) is 18.0 Å².